The zero-order valence-electron chi connectivity index (χ0n) is 18.4. The molecule has 1 aliphatic rings. The van der Waals surface area contributed by atoms with E-state index in [0.717, 1.165) is 5.56 Å². The predicted octanol–water partition coefficient (Wildman–Crippen LogP) is 4.52. The highest BCUT2D eigenvalue weighted by Crippen LogP contribution is 2.28. The molecule has 0 spiro atoms. The first-order chi connectivity index (χ1) is 16.5. The van der Waals surface area contributed by atoms with Gasteiger partial charge in [-0.15, -0.1) is 0 Å². The number of benzene rings is 3. The fourth-order valence-corrected chi connectivity index (χ4v) is 3.95. The molecule has 2 heterocycles. The molecule has 1 aromatic heterocycles. The summed E-state index contributed by atoms with van der Waals surface area (Å²) in [4.78, 5) is 43.0. The minimum atomic E-state index is -0.316. The fraction of sp³-hybridized carbons (Fsp3) is 0.154. The molecule has 0 radical (unpaired) electrons. The molecule has 1 N–H and O–H groups in total. The normalized spacial score (nSPS) is 12.8. The Balaban J connectivity index is 1.20. The Bertz CT molecular complexity index is 1390. The van der Waals surface area contributed by atoms with E-state index in [0.29, 0.717) is 46.0 Å². The van der Waals surface area contributed by atoms with Gasteiger partial charge in [0.25, 0.3) is 11.8 Å². The number of methoxy groups -OCH3 is 1. The van der Waals surface area contributed by atoms with Crippen LogP contribution in [0.1, 0.15) is 33.6 Å². The molecule has 0 unspecified atom stereocenters. The van der Waals surface area contributed by atoms with Gasteiger partial charge in [-0.25, -0.2) is 4.98 Å². The number of anilines is 1. The maximum atomic E-state index is 12.4. The fourth-order valence-electron chi connectivity index (χ4n) is 3.95. The van der Waals surface area contributed by atoms with Crippen LogP contribution in [0.3, 0.4) is 0 Å². The number of amides is 3. The van der Waals surface area contributed by atoms with E-state index in [1.54, 1.807) is 49.6 Å². The maximum absolute atomic E-state index is 12.4. The molecule has 8 heteroatoms. The van der Waals surface area contributed by atoms with Gasteiger partial charge in [-0.3, -0.25) is 19.3 Å². The highest BCUT2D eigenvalue weighted by atomic mass is 16.5. The average molecular weight is 455 g/mol. The monoisotopic (exact) mass is 455 g/mol. The molecular formula is C26H21N3O5. The standard InChI is InChI=1S/C26H21N3O5/c1-33-18-7-4-6-16(14-18)24-28-21-12-11-17(15-22(21)34-24)27-23(30)10-5-13-29-25(31)19-8-2-3-9-20(19)26(29)32/h2-4,6-9,11-12,14-15H,5,10,13H2,1H3,(H,27,30). The Morgan fingerprint density at radius 3 is 2.50 bits per heavy atom. The van der Waals surface area contributed by atoms with Crippen molar-refractivity contribution in [3.05, 3.63) is 77.9 Å². The number of nitrogens with zero attached hydrogens (tertiary/aromatic N) is 2. The molecule has 0 aliphatic carbocycles. The summed E-state index contributed by atoms with van der Waals surface area (Å²) < 4.78 is 11.1. The van der Waals surface area contributed by atoms with Crippen LogP contribution in [0.25, 0.3) is 22.6 Å². The first-order valence-corrected chi connectivity index (χ1v) is 10.8. The molecule has 0 fully saturated rings. The topological polar surface area (TPSA) is 102 Å². The first kappa shape index (κ1) is 21.4. The summed E-state index contributed by atoms with van der Waals surface area (Å²) in [6.45, 7) is 0.185. The molecule has 3 aromatic carbocycles. The highest BCUT2D eigenvalue weighted by Gasteiger charge is 2.34. The quantitative estimate of drug-likeness (QED) is 0.411. The van der Waals surface area contributed by atoms with E-state index in [4.69, 9.17) is 9.15 Å². The second kappa shape index (κ2) is 8.82. The summed E-state index contributed by atoms with van der Waals surface area (Å²) in [6, 6.07) is 19.4. The molecule has 0 saturated heterocycles. The molecule has 4 aromatic rings. The third-order valence-electron chi connectivity index (χ3n) is 5.65. The largest absolute Gasteiger partial charge is 0.497 e. The molecule has 0 atom stereocenters. The van der Waals surface area contributed by atoms with E-state index in [1.165, 1.54) is 4.90 Å². The first-order valence-electron chi connectivity index (χ1n) is 10.8. The van der Waals surface area contributed by atoms with E-state index < -0.39 is 0 Å². The summed E-state index contributed by atoms with van der Waals surface area (Å²) in [5.74, 6) is 0.308. The molecule has 0 bridgehead atoms. The van der Waals surface area contributed by atoms with Crippen molar-refractivity contribution in [2.24, 2.45) is 0 Å². The van der Waals surface area contributed by atoms with Gasteiger partial charge in [0.15, 0.2) is 5.58 Å². The molecule has 0 saturated carbocycles. The number of ether oxygens (including phenoxy) is 1. The van der Waals surface area contributed by atoms with Crippen molar-refractivity contribution in [1.82, 2.24) is 9.88 Å². The number of aromatic nitrogens is 1. The van der Waals surface area contributed by atoms with E-state index >= 15 is 0 Å². The van der Waals surface area contributed by atoms with Gasteiger partial charge in [-0.2, -0.15) is 0 Å². The zero-order chi connectivity index (χ0) is 23.7. The SMILES string of the molecule is COc1cccc(-c2nc3ccc(NC(=O)CCCN4C(=O)c5ccccc5C4=O)cc3o2)c1. The van der Waals surface area contributed by atoms with Crippen molar-refractivity contribution in [2.75, 3.05) is 19.0 Å². The summed E-state index contributed by atoms with van der Waals surface area (Å²) in [7, 11) is 1.60. The summed E-state index contributed by atoms with van der Waals surface area (Å²) in [6.07, 6.45) is 0.527. The number of oxazole rings is 1. The van der Waals surface area contributed by atoms with Gasteiger partial charge in [0.1, 0.15) is 11.3 Å². The van der Waals surface area contributed by atoms with Gasteiger partial charge in [-0.05, 0) is 48.9 Å². The Morgan fingerprint density at radius 2 is 1.76 bits per heavy atom. The number of fused-ring (bicyclic) bond motifs is 2. The number of imide groups is 1. The number of hydrogen-bond donors (Lipinski definition) is 1. The van der Waals surface area contributed by atoms with Crippen molar-refractivity contribution in [3.8, 4) is 17.2 Å². The van der Waals surface area contributed by atoms with Crippen LogP contribution in [0.5, 0.6) is 5.75 Å². The molecule has 1 aliphatic heterocycles. The van der Waals surface area contributed by atoms with Gasteiger partial charge in [-0.1, -0.05) is 18.2 Å². The lowest BCUT2D eigenvalue weighted by molar-refractivity contribution is -0.116. The van der Waals surface area contributed by atoms with Gasteiger partial charge >= 0.3 is 0 Å². The number of carbonyl (C=O) groups excluding carboxylic acids is 3. The van der Waals surface area contributed by atoms with Crippen molar-refractivity contribution in [1.29, 1.82) is 0 Å². The lowest BCUT2D eigenvalue weighted by Gasteiger charge is -2.13. The summed E-state index contributed by atoms with van der Waals surface area (Å²) in [5.41, 5.74) is 3.39. The van der Waals surface area contributed by atoms with Crippen LogP contribution in [0.15, 0.2) is 71.1 Å². The molecule has 3 amide bonds. The van der Waals surface area contributed by atoms with Crippen LogP contribution in [0.4, 0.5) is 5.69 Å². The van der Waals surface area contributed by atoms with Gasteiger partial charge < -0.3 is 14.5 Å². The van der Waals surface area contributed by atoms with Crippen molar-refractivity contribution >= 4 is 34.5 Å². The van der Waals surface area contributed by atoms with E-state index in [9.17, 15) is 14.4 Å². The Kier molecular flexibility index (Phi) is 5.55. The number of carbonyl (C=O) groups is 3. The number of rotatable bonds is 7. The molecular weight excluding hydrogens is 434 g/mol. The second-order valence-corrected chi connectivity index (χ2v) is 7.89. The predicted molar refractivity (Wildman–Crippen MR) is 126 cm³/mol. The third-order valence-corrected chi connectivity index (χ3v) is 5.65. The lowest BCUT2D eigenvalue weighted by atomic mass is 10.1. The maximum Gasteiger partial charge on any atom is 0.261 e. The molecule has 34 heavy (non-hydrogen) atoms. The van der Waals surface area contributed by atoms with Gasteiger partial charge in [0.2, 0.25) is 11.8 Å². The van der Waals surface area contributed by atoms with Crippen molar-refractivity contribution in [3.63, 3.8) is 0 Å². The van der Waals surface area contributed by atoms with Gasteiger partial charge in [0, 0.05) is 30.3 Å². The summed E-state index contributed by atoms with van der Waals surface area (Å²) in [5, 5.41) is 2.83. The van der Waals surface area contributed by atoms with E-state index in [-0.39, 0.29) is 30.7 Å². The second-order valence-electron chi connectivity index (χ2n) is 7.89. The smallest absolute Gasteiger partial charge is 0.261 e. The highest BCUT2D eigenvalue weighted by molar-refractivity contribution is 6.21. The van der Waals surface area contributed by atoms with Crippen molar-refractivity contribution < 1.29 is 23.5 Å². The third kappa shape index (κ3) is 4.01. The minimum Gasteiger partial charge on any atom is -0.497 e. The Hall–Kier alpha value is -4.46. The van der Waals surface area contributed by atoms with Crippen LogP contribution in [0, 0.1) is 0 Å². The van der Waals surface area contributed by atoms with Gasteiger partial charge in [0.05, 0.1) is 18.2 Å². The molecule has 5 rings (SSSR count). The van der Waals surface area contributed by atoms with Crippen LogP contribution >= 0.6 is 0 Å². The average Bonchev–Trinajstić information content (AvgIpc) is 3.39. The molecule has 170 valence electrons. The number of nitrogens with one attached hydrogen (secondary N) is 1. The van der Waals surface area contributed by atoms with Crippen molar-refractivity contribution in [2.45, 2.75) is 12.8 Å². The van der Waals surface area contributed by atoms with Crippen LogP contribution < -0.4 is 10.1 Å². The van der Waals surface area contributed by atoms with E-state index in [2.05, 4.69) is 10.3 Å². The van der Waals surface area contributed by atoms with Crippen LogP contribution in [-0.4, -0.2) is 41.3 Å². The van der Waals surface area contributed by atoms with Crippen LogP contribution in [0.2, 0.25) is 0 Å². The zero-order valence-corrected chi connectivity index (χ0v) is 18.4. The Morgan fingerprint density at radius 1 is 1.00 bits per heavy atom. The molecule has 8 nitrogen and oxygen atoms in total. The van der Waals surface area contributed by atoms with Crippen LogP contribution in [-0.2, 0) is 4.79 Å². The number of hydrogen-bond acceptors (Lipinski definition) is 6. The summed E-state index contributed by atoms with van der Waals surface area (Å²) >= 11 is 0. The lowest BCUT2D eigenvalue weighted by Crippen LogP contribution is -2.31. The Labute approximate surface area is 195 Å². The van der Waals surface area contributed by atoms with E-state index in [1.807, 2.05) is 24.3 Å². The minimum absolute atomic E-state index is 0.164.